The summed E-state index contributed by atoms with van der Waals surface area (Å²) in [7, 11) is 0. The van der Waals surface area contributed by atoms with Crippen LogP contribution < -0.4 is 0 Å². The summed E-state index contributed by atoms with van der Waals surface area (Å²) in [5.41, 5.74) is 1.73. The second-order valence-electron chi connectivity index (χ2n) is 4.31. The molecule has 3 aromatic rings. The Hall–Kier alpha value is -2.20. The lowest BCUT2D eigenvalue weighted by Gasteiger charge is -1.97. The van der Waals surface area contributed by atoms with Crippen molar-refractivity contribution < 1.29 is 8.81 Å². The van der Waals surface area contributed by atoms with Crippen LogP contribution in [0.5, 0.6) is 0 Å². The van der Waals surface area contributed by atoms with Gasteiger partial charge in [0.25, 0.3) is 0 Å². The number of hydrogen-bond donors (Lipinski definition) is 0. The largest absolute Gasteiger partial charge is 0.420 e. The number of benzene rings is 2. The molecule has 0 radical (unpaired) electrons. The zero-order valence-corrected chi connectivity index (χ0v) is 11.1. The number of nitrogens with zero attached hydrogens (tertiary/aromatic N) is 2. The van der Waals surface area contributed by atoms with Crippen LogP contribution in [-0.2, 0) is 6.42 Å². The Morgan fingerprint density at radius 1 is 0.950 bits per heavy atom. The van der Waals surface area contributed by atoms with E-state index in [1.54, 1.807) is 24.3 Å². The van der Waals surface area contributed by atoms with Crippen LogP contribution in [0, 0.1) is 5.82 Å². The minimum atomic E-state index is -0.263. The second kappa shape index (κ2) is 5.43. The van der Waals surface area contributed by atoms with E-state index in [1.807, 2.05) is 12.1 Å². The monoisotopic (exact) mass is 288 g/mol. The molecule has 0 aliphatic heterocycles. The molecule has 1 aromatic heterocycles. The van der Waals surface area contributed by atoms with Gasteiger partial charge in [-0.25, -0.2) is 4.39 Å². The predicted molar refractivity (Wildman–Crippen MR) is 74.0 cm³/mol. The maximum atomic E-state index is 12.8. The van der Waals surface area contributed by atoms with Crippen LogP contribution in [0.1, 0.15) is 11.5 Å². The lowest BCUT2D eigenvalue weighted by atomic mass is 10.1. The molecule has 0 N–H and O–H groups in total. The topological polar surface area (TPSA) is 38.9 Å². The Kier molecular flexibility index (Phi) is 3.48. The number of halogens is 2. The van der Waals surface area contributed by atoms with Crippen LogP contribution in [0.4, 0.5) is 4.39 Å². The van der Waals surface area contributed by atoms with Crippen molar-refractivity contribution in [2.24, 2.45) is 0 Å². The Balaban J connectivity index is 1.80. The molecular formula is C15H10ClFN2O. The second-order valence-corrected chi connectivity index (χ2v) is 4.75. The summed E-state index contributed by atoms with van der Waals surface area (Å²) < 4.78 is 18.4. The first-order valence-corrected chi connectivity index (χ1v) is 6.41. The number of aromatic nitrogens is 2. The number of hydrogen-bond acceptors (Lipinski definition) is 3. The van der Waals surface area contributed by atoms with E-state index in [2.05, 4.69) is 10.2 Å². The molecule has 0 saturated carbocycles. The van der Waals surface area contributed by atoms with Gasteiger partial charge >= 0.3 is 0 Å². The minimum Gasteiger partial charge on any atom is -0.420 e. The molecule has 0 aliphatic carbocycles. The molecule has 0 unspecified atom stereocenters. The molecule has 2 aromatic carbocycles. The molecule has 20 heavy (non-hydrogen) atoms. The Labute approximate surface area is 120 Å². The van der Waals surface area contributed by atoms with Crippen molar-refractivity contribution in [3.05, 3.63) is 70.8 Å². The fourth-order valence-corrected chi connectivity index (χ4v) is 1.94. The van der Waals surface area contributed by atoms with Crippen molar-refractivity contribution in [3.8, 4) is 11.5 Å². The van der Waals surface area contributed by atoms with E-state index >= 15 is 0 Å². The van der Waals surface area contributed by atoms with Crippen molar-refractivity contribution in [2.45, 2.75) is 6.42 Å². The van der Waals surface area contributed by atoms with Gasteiger partial charge in [-0.15, -0.1) is 10.2 Å². The zero-order valence-electron chi connectivity index (χ0n) is 10.4. The Morgan fingerprint density at radius 3 is 2.35 bits per heavy atom. The Bertz CT molecular complexity index is 707. The molecule has 0 bridgehead atoms. The average Bonchev–Trinajstić information content (AvgIpc) is 2.91. The standard InChI is InChI=1S/C15H10ClFN2O/c16-12-5-3-11(4-6-12)15-19-18-14(20-15)9-10-1-7-13(17)8-2-10/h1-8H,9H2. The minimum absolute atomic E-state index is 0.263. The normalized spacial score (nSPS) is 10.7. The summed E-state index contributed by atoms with van der Waals surface area (Å²) in [6.45, 7) is 0. The third-order valence-corrected chi connectivity index (χ3v) is 3.08. The van der Waals surface area contributed by atoms with Crippen molar-refractivity contribution in [1.29, 1.82) is 0 Å². The van der Waals surface area contributed by atoms with Gasteiger partial charge in [0, 0.05) is 10.6 Å². The third kappa shape index (κ3) is 2.86. The lowest BCUT2D eigenvalue weighted by Crippen LogP contribution is -1.88. The van der Waals surface area contributed by atoms with Gasteiger partial charge in [-0.1, -0.05) is 23.7 Å². The van der Waals surface area contributed by atoms with Crippen LogP contribution in [0.2, 0.25) is 5.02 Å². The molecule has 0 atom stereocenters. The fraction of sp³-hybridized carbons (Fsp3) is 0.0667. The van der Waals surface area contributed by atoms with Gasteiger partial charge in [0.15, 0.2) is 0 Å². The van der Waals surface area contributed by atoms with E-state index in [0.29, 0.717) is 23.2 Å². The molecule has 0 fully saturated rings. The first-order chi connectivity index (χ1) is 9.70. The Morgan fingerprint density at radius 2 is 1.65 bits per heavy atom. The van der Waals surface area contributed by atoms with E-state index in [4.69, 9.17) is 16.0 Å². The highest BCUT2D eigenvalue weighted by atomic mass is 35.5. The van der Waals surface area contributed by atoms with Crippen molar-refractivity contribution in [3.63, 3.8) is 0 Å². The van der Waals surface area contributed by atoms with E-state index in [9.17, 15) is 4.39 Å². The maximum absolute atomic E-state index is 12.8. The van der Waals surface area contributed by atoms with Gasteiger partial charge in [-0.3, -0.25) is 0 Å². The molecule has 1 heterocycles. The van der Waals surface area contributed by atoms with Crippen molar-refractivity contribution in [1.82, 2.24) is 10.2 Å². The highest BCUT2D eigenvalue weighted by Crippen LogP contribution is 2.21. The third-order valence-electron chi connectivity index (χ3n) is 2.83. The lowest BCUT2D eigenvalue weighted by molar-refractivity contribution is 0.518. The van der Waals surface area contributed by atoms with E-state index in [1.165, 1.54) is 12.1 Å². The van der Waals surface area contributed by atoms with E-state index in [-0.39, 0.29) is 5.82 Å². The van der Waals surface area contributed by atoms with Crippen molar-refractivity contribution >= 4 is 11.6 Å². The smallest absolute Gasteiger partial charge is 0.247 e. The van der Waals surface area contributed by atoms with E-state index in [0.717, 1.165) is 11.1 Å². The van der Waals surface area contributed by atoms with Crippen molar-refractivity contribution in [2.75, 3.05) is 0 Å². The first-order valence-electron chi connectivity index (χ1n) is 6.03. The number of rotatable bonds is 3. The summed E-state index contributed by atoms with van der Waals surface area (Å²) in [5, 5.41) is 8.64. The maximum Gasteiger partial charge on any atom is 0.247 e. The molecule has 100 valence electrons. The quantitative estimate of drug-likeness (QED) is 0.728. The molecule has 0 saturated heterocycles. The van der Waals surface area contributed by atoms with Gasteiger partial charge < -0.3 is 4.42 Å². The molecule has 3 rings (SSSR count). The van der Waals surface area contributed by atoms with Crippen LogP contribution >= 0.6 is 11.6 Å². The van der Waals surface area contributed by atoms with Gasteiger partial charge in [0.1, 0.15) is 5.82 Å². The summed E-state index contributed by atoms with van der Waals surface area (Å²) in [4.78, 5) is 0. The van der Waals surface area contributed by atoms with Crippen LogP contribution in [0.25, 0.3) is 11.5 Å². The fourth-order valence-electron chi connectivity index (χ4n) is 1.81. The summed E-state index contributed by atoms with van der Waals surface area (Å²) in [5.74, 6) is 0.668. The molecule has 5 heteroatoms. The van der Waals surface area contributed by atoms with E-state index < -0.39 is 0 Å². The average molecular weight is 289 g/mol. The van der Waals surface area contributed by atoms with Gasteiger partial charge in [0.05, 0.1) is 6.42 Å². The molecule has 0 amide bonds. The predicted octanol–water partition coefficient (Wildman–Crippen LogP) is 4.12. The molecule has 3 nitrogen and oxygen atoms in total. The first kappa shape index (κ1) is 12.8. The van der Waals surface area contributed by atoms with Gasteiger partial charge in [-0.2, -0.15) is 0 Å². The van der Waals surface area contributed by atoms with Gasteiger partial charge in [-0.05, 0) is 42.0 Å². The molecular weight excluding hydrogens is 279 g/mol. The summed E-state index contributed by atoms with van der Waals surface area (Å²) >= 11 is 5.83. The van der Waals surface area contributed by atoms with Crippen LogP contribution in [-0.4, -0.2) is 10.2 Å². The van der Waals surface area contributed by atoms with Crippen LogP contribution in [0.15, 0.2) is 52.9 Å². The van der Waals surface area contributed by atoms with Crippen LogP contribution in [0.3, 0.4) is 0 Å². The summed E-state index contributed by atoms with van der Waals surface area (Å²) in [6, 6.07) is 13.4. The van der Waals surface area contributed by atoms with Gasteiger partial charge in [0.2, 0.25) is 11.8 Å². The molecule has 0 aliphatic rings. The highest BCUT2D eigenvalue weighted by Gasteiger charge is 2.09. The molecule has 0 spiro atoms. The highest BCUT2D eigenvalue weighted by molar-refractivity contribution is 6.30. The summed E-state index contributed by atoms with van der Waals surface area (Å²) in [6.07, 6.45) is 0.473. The SMILES string of the molecule is Fc1ccc(Cc2nnc(-c3ccc(Cl)cc3)o2)cc1. The zero-order chi connectivity index (χ0) is 13.9.